The molecule has 0 aliphatic carbocycles. The van der Waals surface area contributed by atoms with Gasteiger partial charge in [0.05, 0.1) is 32.0 Å². The second kappa shape index (κ2) is 6.97. The van der Waals surface area contributed by atoms with Crippen LogP contribution in [0.3, 0.4) is 0 Å². The van der Waals surface area contributed by atoms with E-state index in [-0.39, 0.29) is 18.8 Å². The van der Waals surface area contributed by atoms with E-state index in [2.05, 4.69) is 24.1 Å². The molecule has 19 heavy (non-hydrogen) atoms. The molecular formula is C13H26N2O4. The van der Waals surface area contributed by atoms with Crippen molar-refractivity contribution in [3.8, 4) is 0 Å². The molecule has 0 radical (unpaired) electrons. The smallest absolute Gasteiger partial charge is 0.109 e. The number of aliphatic hydroxyl groups is 2. The summed E-state index contributed by atoms with van der Waals surface area (Å²) in [5.41, 5.74) is 0. The van der Waals surface area contributed by atoms with E-state index in [1.54, 1.807) is 0 Å². The minimum atomic E-state index is -0.637. The summed E-state index contributed by atoms with van der Waals surface area (Å²) < 4.78 is 11.1. The summed E-state index contributed by atoms with van der Waals surface area (Å²) in [4.78, 5) is 2.22. The number of morpholine rings is 1. The van der Waals surface area contributed by atoms with Crippen molar-refractivity contribution < 1.29 is 19.7 Å². The van der Waals surface area contributed by atoms with E-state index in [9.17, 15) is 10.2 Å². The Kier molecular flexibility index (Phi) is 5.56. The third kappa shape index (κ3) is 3.65. The fourth-order valence-electron chi connectivity index (χ4n) is 2.82. The second-order valence-corrected chi connectivity index (χ2v) is 5.59. The molecule has 6 nitrogen and oxygen atoms in total. The molecule has 0 unspecified atom stereocenters. The number of aliphatic hydroxyl groups excluding tert-OH is 2. The zero-order valence-electron chi connectivity index (χ0n) is 11.8. The highest BCUT2D eigenvalue weighted by Crippen LogP contribution is 2.26. The van der Waals surface area contributed by atoms with Crippen molar-refractivity contribution in [2.75, 3.05) is 39.5 Å². The summed E-state index contributed by atoms with van der Waals surface area (Å²) in [5, 5.41) is 23.0. The topological polar surface area (TPSA) is 74.2 Å². The van der Waals surface area contributed by atoms with Gasteiger partial charge in [-0.15, -0.1) is 0 Å². The lowest BCUT2D eigenvalue weighted by Crippen LogP contribution is -2.54. The van der Waals surface area contributed by atoms with Crippen molar-refractivity contribution in [2.45, 2.75) is 44.2 Å². The lowest BCUT2D eigenvalue weighted by atomic mass is 10.0. The average molecular weight is 274 g/mol. The number of nitrogens with zero attached hydrogens (tertiary/aromatic N) is 1. The molecule has 0 aromatic heterocycles. The number of hydrogen-bond acceptors (Lipinski definition) is 6. The Balaban J connectivity index is 2.00. The van der Waals surface area contributed by atoms with Gasteiger partial charge in [0.1, 0.15) is 12.2 Å². The molecule has 2 heterocycles. The molecule has 0 bridgehead atoms. The van der Waals surface area contributed by atoms with Crippen LogP contribution in [0, 0.1) is 0 Å². The Bertz CT molecular complexity index is 271. The van der Waals surface area contributed by atoms with E-state index in [0.717, 1.165) is 13.1 Å². The summed E-state index contributed by atoms with van der Waals surface area (Å²) in [6, 6.07) is 0.312. The monoisotopic (exact) mass is 274 g/mol. The van der Waals surface area contributed by atoms with Crippen LogP contribution in [0.1, 0.15) is 13.8 Å². The predicted molar refractivity (Wildman–Crippen MR) is 71.1 cm³/mol. The molecule has 112 valence electrons. The molecule has 0 spiro atoms. The van der Waals surface area contributed by atoms with Crippen molar-refractivity contribution in [2.24, 2.45) is 0 Å². The normalized spacial score (nSPS) is 37.1. The van der Waals surface area contributed by atoms with E-state index >= 15 is 0 Å². The fourth-order valence-corrected chi connectivity index (χ4v) is 2.82. The summed E-state index contributed by atoms with van der Waals surface area (Å²) in [5.74, 6) is 0. The molecule has 2 aliphatic rings. The highest BCUT2D eigenvalue weighted by atomic mass is 16.5. The van der Waals surface area contributed by atoms with Crippen molar-refractivity contribution in [3.05, 3.63) is 0 Å². The van der Waals surface area contributed by atoms with Crippen LogP contribution in [0.4, 0.5) is 0 Å². The molecular weight excluding hydrogens is 248 g/mol. The molecule has 0 aromatic carbocycles. The lowest BCUT2D eigenvalue weighted by molar-refractivity contribution is -0.0230. The minimum Gasteiger partial charge on any atom is -0.394 e. The molecule has 3 N–H and O–H groups in total. The summed E-state index contributed by atoms with van der Waals surface area (Å²) in [6.07, 6.45) is -1.21. The van der Waals surface area contributed by atoms with Gasteiger partial charge in [-0.3, -0.25) is 4.90 Å². The fraction of sp³-hybridized carbons (Fsp3) is 1.00. The van der Waals surface area contributed by atoms with Crippen LogP contribution in [0.15, 0.2) is 0 Å². The van der Waals surface area contributed by atoms with Gasteiger partial charge in [-0.25, -0.2) is 0 Å². The lowest BCUT2D eigenvalue weighted by Gasteiger charge is -2.36. The van der Waals surface area contributed by atoms with Crippen LogP contribution in [0.2, 0.25) is 0 Å². The van der Waals surface area contributed by atoms with Crippen LogP contribution in [0.25, 0.3) is 0 Å². The molecule has 4 atom stereocenters. The van der Waals surface area contributed by atoms with E-state index in [1.165, 1.54) is 0 Å². The zero-order valence-corrected chi connectivity index (χ0v) is 11.8. The number of rotatable bonds is 5. The van der Waals surface area contributed by atoms with Gasteiger partial charge in [0.25, 0.3) is 0 Å². The molecule has 2 fully saturated rings. The third-order valence-electron chi connectivity index (χ3n) is 3.84. The van der Waals surface area contributed by atoms with E-state index in [1.807, 2.05) is 0 Å². The standard InChI is InChI=1S/C13H26N2O4/c1-9(2)14-7-10-12(13(17)11(8-16)19-10)15-3-5-18-6-4-15/h9-14,16-17H,3-8H2,1-2H3/t10-,11+,12+,13-/m1/s1. The van der Waals surface area contributed by atoms with Gasteiger partial charge in [-0.1, -0.05) is 13.8 Å². The molecule has 6 heteroatoms. The van der Waals surface area contributed by atoms with Gasteiger partial charge < -0.3 is 25.0 Å². The maximum atomic E-state index is 10.3. The van der Waals surface area contributed by atoms with Crippen LogP contribution in [-0.4, -0.2) is 85.0 Å². The molecule has 2 aliphatic heterocycles. The van der Waals surface area contributed by atoms with Crippen LogP contribution in [-0.2, 0) is 9.47 Å². The van der Waals surface area contributed by atoms with Crippen molar-refractivity contribution in [3.63, 3.8) is 0 Å². The van der Waals surface area contributed by atoms with Crippen molar-refractivity contribution >= 4 is 0 Å². The second-order valence-electron chi connectivity index (χ2n) is 5.59. The zero-order chi connectivity index (χ0) is 13.8. The van der Waals surface area contributed by atoms with Gasteiger partial charge in [0, 0.05) is 25.7 Å². The average Bonchev–Trinajstić information content (AvgIpc) is 2.73. The van der Waals surface area contributed by atoms with Crippen LogP contribution >= 0.6 is 0 Å². The first-order valence-corrected chi connectivity index (χ1v) is 7.13. The predicted octanol–water partition coefficient (Wildman–Crippen LogP) is -1.19. The summed E-state index contributed by atoms with van der Waals surface area (Å²) in [7, 11) is 0. The van der Waals surface area contributed by atoms with Gasteiger partial charge >= 0.3 is 0 Å². The van der Waals surface area contributed by atoms with Crippen molar-refractivity contribution in [1.29, 1.82) is 0 Å². The van der Waals surface area contributed by atoms with Crippen molar-refractivity contribution in [1.82, 2.24) is 10.2 Å². The molecule has 0 amide bonds. The first-order valence-electron chi connectivity index (χ1n) is 7.13. The Morgan fingerprint density at radius 3 is 2.53 bits per heavy atom. The summed E-state index contributed by atoms with van der Waals surface area (Å²) in [6.45, 7) is 7.71. The molecule has 0 aromatic rings. The quantitative estimate of drug-likeness (QED) is 0.585. The third-order valence-corrected chi connectivity index (χ3v) is 3.84. The first kappa shape index (κ1) is 15.2. The largest absolute Gasteiger partial charge is 0.394 e. The van der Waals surface area contributed by atoms with Crippen LogP contribution < -0.4 is 5.32 Å². The Morgan fingerprint density at radius 1 is 1.26 bits per heavy atom. The maximum absolute atomic E-state index is 10.3. The number of nitrogens with one attached hydrogen (secondary N) is 1. The Morgan fingerprint density at radius 2 is 1.95 bits per heavy atom. The highest BCUT2D eigenvalue weighted by molar-refractivity contribution is 4.98. The Hall–Kier alpha value is -0.240. The number of hydrogen-bond donors (Lipinski definition) is 3. The van der Waals surface area contributed by atoms with Gasteiger partial charge in [-0.2, -0.15) is 0 Å². The molecule has 0 saturated carbocycles. The SMILES string of the molecule is CC(C)NC[C@H]1O[C@@H](CO)[C@@H](O)[C@H]1N1CCOCC1. The number of ether oxygens (including phenoxy) is 2. The Labute approximate surface area is 114 Å². The van der Waals surface area contributed by atoms with E-state index in [0.29, 0.717) is 25.8 Å². The van der Waals surface area contributed by atoms with Gasteiger partial charge in [0.15, 0.2) is 0 Å². The van der Waals surface area contributed by atoms with Gasteiger partial charge in [0.2, 0.25) is 0 Å². The maximum Gasteiger partial charge on any atom is 0.109 e. The van der Waals surface area contributed by atoms with Gasteiger partial charge in [-0.05, 0) is 0 Å². The van der Waals surface area contributed by atoms with E-state index < -0.39 is 12.2 Å². The molecule has 2 saturated heterocycles. The summed E-state index contributed by atoms with van der Waals surface area (Å²) >= 11 is 0. The first-order chi connectivity index (χ1) is 9.13. The highest BCUT2D eigenvalue weighted by Gasteiger charge is 2.46. The van der Waals surface area contributed by atoms with Crippen LogP contribution in [0.5, 0.6) is 0 Å². The minimum absolute atomic E-state index is 0.0627. The molecule has 2 rings (SSSR count). The van der Waals surface area contributed by atoms with E-state index in [4.69, 9.17) is 9.47 Å².